The van der Waals surface area contributed by atoms with Crippen LogP contribution in [0.3, 0.4) is 0 Å². The highest BCUT2D eigenvalue weighted by atomic mass is 16.5. The number of methoxy groups -OCH3 is 1. The number of rotatable bonds is 8. The van der Waals surface area contributed by atoms with Crippen LogP contribution in [0.5, 0.6) is 5.75 Å². The average molecular weight is 434 g/mol. The molecule has 0 spiro atoms. The first-order valence-corrected chi connectivity index (χ1v) is 10.2. The summed E-state index contributed by atoms with van der Waals surface area (Å²) in [5.74, 6) is 1.05. The Labute approximate surface area is 186 Å². The summed E-state index contributed by atoms with van der Waals surface area (Å²) in [5.41, 5.74) is 10.6. The number of nitrogens with zero attached hydrogens (tertiary/aromatic N) is 5. The second-order valence-corrected chi connectivity index (χ2v) is 7.75. The summed E-state index contributed by atoms with van der Waals surface area (Å²) in [6.45, 7) is 1.75. The number of anilines is 4. The van der Waals surface area contributed by atoms with Crippen LogP contribution in [0.4, 0.5) is 23.0 Å². The largest absolute Gasteiger partial charge is 0.494 e. The van der Waals surface area contributed by atoms with Crippen molar-refractivity contribution in [2.75, 3.05) is 57.3 Å². The highest BCUT2D eigenvalue weighted by Gasteiger charge is 2.15. The lowest BCUT2D eigenvalue weighted by Gasteiger charge is -2.24. The Morgan fingerprint density at radius 2 is 1.91 bits per heavy atom. The predicted molar refractivity (Wildman–Crippen MR) is 128 cm³/mol. The lowest BCUT2D eigenvalue weighted by atomic mass is 10.2. The standard InChI is InChI=1S/C23H27N7O2/c1-29(2)11-12-30(3)19-14-21(31-4)18(13-16(19)24)27-23-25-10-9-17(26-23)22-15-7-5-6-8-20(15)32-28-22/h5-10,13-14H,11-12,24H2,1-4H3,(H,25,26,27). The Hall–Kier alpha value is -3.85. The van der Waals surface area contributed by atoms with E-state index in [0.717, 1.165) is 24.2 Å². The third kappa shape index (κ3) is 4.42. The van der Waals surface area contributed by atoms with Gasteiger partial charge in [-0.25, -0.2) is 9.97 Å². The molecule has 32 heavy (non-hydrogen) atoms. The fraction of sp³-hybridized carbons (Fsp3) is 0.261. The molecule has 0 aliphatic heterocycles. The molecule has 0 radical (unpaired) electrons. The summed E-state index contributed by atoms with van der Waals surface area (Å²) in [5, 5.41) is 8.29. The van der Waals surface area contributed by atoms with E-state index in [1.165, 1.54) is 0 Å². The van der Waals surface area contributed by atoms with E-state index in [9.17, 15) is 0 Å². The van der Waals surface area contributed by atoms with Crippen molar-refractivity contribution in [3.63, 3.8) is 0 Å². The van der Waals surface area contributed by atoms with Crippen molar-refractivity contribution in [3.8, 4) is 17.1 Å². The lowest BCUT2D eigenvalue weighted by molar-refractivity contribution is 0.413. The molecule has 166 valence electrons. The van der Waals surface area contributed by atoms with Gasteiger partial charge in [-0.2, -0.15) is 0 Å². The van der Waals surface area contributed by atoms with Crippen LogP contribution >= 0.6 is 0 Å². The average Bonchev–Trinajstić information content (AvgIpc) is 3.22. The number of nitrogens with two attached hydrogens (primary N) is 1. The van der Waals surface area contributed by atoms with E-state index in [1.807, 2.05) is 57.5 Å². The first-order valence-electron chi connectivity index (χ1n) is 10.2. The zero-order valence-electron chi connectivity index (χ0n) is 18.7. The second-order valence-electron chi connectivity index (χ2n) is 7.75. The molecule has 0 fully saturated rings. The minimum Gasteiger partial charge on any atom is -0.494 e. The van der Waals surface area contributed by atoms with Crippen LogP contribution in [0.1, 0.15) is 0 Å². The molecule has 4 rings (SSSR count). The van der Waals surface area contributed by atoms with Crippen LogP contribution in [0.25, 0.3) is 22.4 Å². The topological polar surface area (TPSA) is 106 Å². The van der Waals surface area contributed by atoms with Crippen molar-refractivity contribution >= 4 is 34.0 Å². The van der Waals surface area contributed by atoms with E-state index in [1.54, 1.807) is 19.4 Å². The molecule has 9 nitrogen and oxygen atoms in total. The maximum absolute atomic E-state index is 6.36. The maximum Gasteiger partial charge on any atom is 0.227 e. The van der Waals surface area contributed by atoms with Gasteiger partial charge in [0.2, 0.25) is 5.95 Å². The SMILES string of the molecule is COc1cc(N(C)CCN(C)C)c(N)cc1Nc1nccc(-c2noc3ccccc23)n1. The number of hydrogen-bond donors (Lipinski definition) is 2. The summed E-state index contributed by atoms with van der Waals surface area (Å²) in [7, 11) is 7.72. The van der Waals surface area contributed by atoms with Gasteiger partial charge in [0, 0.05) is 32.4 Å². The molecule has 0 amide bonds. The molecular weight excluding hydrogens is 406 g/mol. The Balaban J connectivity index is 1.61. The van der Waals surface area contributed by atoms with Crippen molar-refractivity contribution in [2.24, 2.45) is 0 Å². The smallest absolute Gasteiger partial charge is 0.227 e. The highest BCUT2D eigenvalue weighted by molar-refractivity contribution is 5.90. The fourth-order valence-corrected chi connectivity index (χ4v) is 3.40. The van der Waals surface area contributed by atoms with Crippen LogP contribution in [0, 0.1) is 0 Å². The zero-order chi connectivity index (χ0) is 22.7. The van der Waals surface area contributed by atoms with Crippen molar-refractivity contribution in [3.05, 3.63) is 48.7 Å². The number of hydrogen-bond acceptors (Lipinski definition) is 9. The summed E-state index contributed by atoms with van der Waals surface area (Å²) in [4.78, 5) is 13.2. The maximum atomic E-state index is 6.36. The van der Waals surface area contributed by atoms with Gasteiger partial charge in [-0.05, 0) is 38.4 Å². The number of likely N-dealkylation sites (N-methyl/N-ethyl adjacent to an activating group) is 2. The molecule has 0 unspecified atom stereocenters. The van der Waals surface area contributed by atoms with Crippen LogP contribution in [-0.4, -0.2) is 61.4 Å². The predicted octanol–water partition coefficient (Wildman–Crippen LogP) is 3.62. The number of para-hydroxylation sites is 1. The van der Waals surface area contributed by atoms with E-state index < -0.39 is 0 Å². The molecule has 0 bridgehead atoms. The zero-order valence-corrected chi connectivity index (χ0v) is 18.7. The van der Waals surface area contributed by atoms with E-state index in [0.29, 0.717) is 40.0 Å². The van der Waals surface area contributed by atoms with Crippen LogP contribution in [-0.2, 0) is 0 Å². The summed E-state index contributed by atoms with van der Waals surface area (Å²) >= 11 is 0. The molecule has 2 aromatic heterocycles. The third-order valence-electron chi connectivity index (χ3n) is 5.16. The molecule has 4 aromatic rings. The van der Waals surface area contributed by atoms with E-state index >= 15 is 0 Å². The van der Waals surface area contributed by atoms with Gasteiger partial charge in [-0.1, -0.05) is 17.3 Å². The molecule has 0 aliphatic rings. The molecule has 2 heterocycles. The summed E-state index contributed by atoms with van der Waals surface area (Å²) in [6, 6.07) is 13.2. The van der Waals surface area contributed by atoms with Gasteiger partial charge in [-0.15, -0.1) is 0 Å². The van der Waals surface area contributed by atoms with Gasteiger partial charge in [0.15, 0.2) is 5.58 Å². The molecule has 9 heteroatoms. The molecule has 2 aromatic carbocycles. The first kappa shape index (κ1) is 21.4. The van der Waals surface area contributed by atoms with Crippen LogP contribution in [0.15, 0.2) is 53.2 Å². The summed E-state index contributed by atoms with van der Waals surface area (Å²) < 4.78 is 11.0. The number of fused-ring (bicyclic) bond motifs is 1. The van der Waals surface area contributed by atoms with Crippen molar-refractivity contribution in [2.45, 2.75) is 0 Å². The van der Waals surface area contributed by atoms with Crippen molar-refractivity contribution in [1.29, 1.82) is 0 Å². The Kier molecular flexibility index (Phi) is 6.09. The Morgan fingerprint density at radius 1 is 1.09 bits per heavy atom. The van der Waals surface area contributed by atoms with Gasteiger partial charge in [0.1, 0.15) is 11.4 Å². The molecule has 3 N–H and O–H groups in total. The van der Waals surface area contributed by atoms with E-state index in [4.69, 9.17) is 15.0 Å². The normalized spacial score (nSPS) is 11.2. The van der Waals surface area contributed by atoms with Gasteiger partial charge >= 0.3 is 0 Å². The number of nitrogens with one attached hydrogen (secondary N) is 1. The van der Waals surface area contributed by atoms with Crippen molar-refractivity contribution < 1.29 is 9.26 Å². The molecule has 0 atom stereocenters. The third-order valence-corrected chi connectivity index (χ3v) is 5.16. The van der Waals surface area contributed by atoms with Gasteiger partial charge in [0.25, 0.3) is 0 Å². The minimum atomic E-state index is 0.404. The number of benzene rings is 2. The van der Waals surface area contributed by atoms with Crippen LogP contribution in [0.2, 0.25) is 0 Å². The van der Waals surface area contributed by atoms with Crippen molar-refractivity contribution in [1.82, 2.24) is 20.0 Å². The lowest BCUT2D eigenvalue weighted by Crippen LogP contribution is -2.29. The van der Waals surface area contributed by atoms with Crippen LogP contribution < -0.4 is 20.7 Å². The number of ether oxygens (including phenoxy) is 1. The Morgan fingerprint density at radius 3 is 2.69 bits per heavy atom. The van der Waals surface area contributed by atoms with E-state index in [2.05, 4.69) is 30.2 Å². The minimum absolute atomic E-state index is 0.404. The second kappa shape index (κ2) is 9.11. The quantitative estimate of drug-likeness (QED) is 0.403. The molecule has 0 saturated heterocycles. The van der Waals surface area contributed by atoms with Gasteiger partial charge < -0.3 is 30.1 Å². The first-order chi connectivity index (χ1) is 15.5. The Bertz CT molecular complexity index is 1220. The highest BCUT2D eigenvalue weighted by Crippen LogP contribution is 2.36. The molecule has 0 saturated carbocycles. The fourth-order valence-electron chi connectivity index (χ4n) is 3.40. The summed E-state index contributed by atoms with van der Waals surface area (Å²) in [6.07, 6.45) is 1.67. The number of nitrogen functional groups attached to an aromatic ring is 1. The van der Waals surface area contributed by atoms with E-state index in [-0.39, 0.29) is 0 Å². The number of aromatic nitrogens is 3. The van der Waals surface area contributed by atoms with Gasteiger partial charge in [-0.3, -0.25) is 0 Å². The molecular formula is C23H27N7O2. The molecule has 0 aliphatic carbocycles. The monoisotopic (exact) mass is 433 g/mol. The van der Waals surface area contributed by atoms with Gasteiger partial charge in [0.05, 0.1) is 35.3 Å².